The number of likely N-dealkylation sites (N-methyl/N-ethyl adjacent to an activating group) is 1. The number of hydrogen-bond acceptors (Lipinski definition) is 4. The van der Waals surface area contributed by atoms with E-state index in [2.05, 4.69) is 0 Å². The largest absolute Gasteiger partial charge is 0.508 e. The molecule has 15 heavy (non-hydrogen) atoms. The predicted molar refractivity (Wildman–Crippen MR) is 56.0 cm³/mol. The highest BCUT2D eigenvalue weighted by Gasteiger charge is 2.32. The van der Waals surface area contributed by atoms with Crippen molar-refractivity contribution in [2.24, 2.45) is 0 Å². The van der Waals surface area contributed by atoms with Crippen molar-refractivity contribution in [2.75, 3.05) is 19.1 Å². The summed E-state index contributed by atoms with van der Waals surface area (Å²) in [5, 5.41) is 9.35. The van der Waals surface area contributed by atoms with Crippen LogP contribution in [0, 0.1) is 0 Å². The second kappa shape index (κ2) is 3.46. The maximum atomic E-state index is 11.5. The first-order valence-electron chi connectivity index (χ1n) is 4.76. The monoisotopic (exact) mass is 207 g/mol. The van der Waals surface area contributed by atoms with Crippen LogP contribution in [0.5, 0.6) is 5.75 Å². The van der Waals surface area contributed by atoms with E-state index in [-0.39, 0.29) is 17.8 Å². The molecule has 1 aliphatic rings. The van der Waals surface area contributed by atoms with Crippen LogP contribution in [0.2, 0.25) is 0 Å². The molecule has 2 rings (SSSR count). The van der Waals surface area contributed by atoms with Crippen molar-refractivity contribution in [3.63, 3.8) is 0 Å². The lowest BCUT2D eigenvalue weighted by Gasteiger charge is -2.19. The number of aromatic hydroxyl groups is 1. The number of fused-ring (bicyclic) bond motifs is 1. The fourth-order valence-corrected chi connectivity index (χ4v) is 1.94. The summed E-state index contributed by atoms with van der Waals surface area (Å²) in [7, 11) is 3.21. The van der Waals surface area contributed by atoms with E-state index in [1.54, 1.807) is 12.1 Å². The van der Waals surface area contributed by atoms with Gasteiger partial charge in [-0.3, -0.25) is 0 Å². The van der Waals surface area contributed by atoms with Crippen LogP contribution in [-0.2, 0) is 16.0 Å². The molecular weight excluding hydrogens is 194 g/mol. The molecule has 1 aliphatic heterocycles. The molecule has 1 heterocycles. The molecule has 80 valence electrons. The van der Waals surface area contributed by atoms with Gasteiger partial charge in [-0.15, -0.1) is 0 Å². The standard InChI is InChI=1S/C11H13NO3/c1-12-9-6-8(13)4-3-7(9)5-10(12)11(14)15-2/h3-4,6,10,13H,5H2,1-2H3. The summed E-state index contributed by atoms with van der Waals surface area (Å²) in [4.78, 5) is 13.3. The van der Waals surface area contributed by atoms with Crippen molar-refractivity contribution >= 4 is 11.7 Å². The molecule has 4 nitrogen and oxygen atoms in total. The number of ether oxygens (including phenoxy) is 1. The number of nitrogens with zero attached hydrogens (tertiary/aromatic N) is 1. The molecule has 1 N–H and O–H groups in total. The zero-order valence-corrected chi connectivity index (χ0v) is 8.73. The van der Waals surface area contributed by atoms with Crippen molar-refractivity contribution in [1.29, 1.82) is 0 Å². The Labute approximate surface area is 88.1 Å². The summed E-state index contributed by atoms with van der Waals surface area (Å²) in [6, 6.07) is 4.86. The van der Waals surface area contributed by atoms with E-state index in [4.69, 9.17) is 4.74 Å². The van der Waals surface area contributed by atoms with Gasteiger partial charge in [0, 0.05) is 25.2 Å². The first kappa shape index (κ1) is 9.83. The molecule has 0 spiro atoms. The lowest BCUT2D eigenvalue weighted by Crippen LogP contribution is -2.36. The highest BCUT2D eigenvalue weighted by atomic mass is 16.5. The Balaban J connectivity index is 2.33. The summed E-state index contributed by atoms with van der Waals surface area (Å²) in [6.45, 7) is 0. The number of esters is 1. The molecule has 1 aromatic rings. The van der Waals surface area contributed by atoms with Gasteiger partial charge in [0.1, 0.15) is 11.8 Å². The van der Waals surface area contributed by atoms with E-state index < -0.39 is 0 Å². The molecule has 0 bridgehead atoms. The van der Waals surface area contributed by atoms with Gasteiger partial charge in [0.05, 0.1) is 7.11 Å². The number of benzene rings is 1. The minimum absolute atomic E-state index is 0.214. The van der Waals surface area contributed by atoms with Crippen LogP contribution in [0.15, 0.2) is 18.2 Å². The number of hydrogen-bond donors (Lipinski definition) is 1. The summed E-state index contributed by atoms with van der Waals surface area (Å²) in [5.41, 5.74) is 1.95. The van der Waals surface area contributed by atoms with Gasteiger partial charge in [0.15, 0.2) is 0 Å². The quantitative estimate of drug-likeness (QED) is 0.696. The van der Waals surface area contributed by atoms with E-state index in [9.17, 15) is 9.90 Å². The molecule has 0 radical (unpaired) electrons. The number of carbonyl (C=O) groups is 1. The van der Waals surface area contributed by atoms with Gasteiger partial charge < -0.3 is 14.7 Å². The SMILES string of the molecule is COC(=O)C1Cc2ccc(O)cc2N1C. The first-order valence-corrected chi connectivity index (χ1v) is 4.76. The number of phenols is 1. The number of anilines is 1. The second-order valence-corrected chi connectivity index (χ2v) is 3.67. The van der Waals surface area contributed by atoms with Gasteiger partial charge in [-0.1, -0.05) is 6.07 Å². The van der Waals surface area contributed by atoms with Crippen molar-refractivity contribution in [3.8, 4) is 5.75 Å². The average Bonchev–Trinajstić information content (AvgIpc) is 2.55. The Morgan fingerprint density at radius 2 is 2.33 bits per heavy atom. The molecule has 0 fully saturated rings. The van der Waals surface area contributed by atoms with E-state index in [0.717, 1.165) is 11.3 Å². The van der Waals surface area contributed by atoms with Crippen LogP contribution < -0.4 is 4.90 Å². The highest BCUT2D eigenvalue weighted by Crippen LogP contribution is 2.33. The number of carbonyl (C=O) groups excluding carboxylic acids is 1. The number of phenolic OH excluding ortho intramolecular Hbond substituents is 1. The Bertz CT molecular complexity index is 403. The topological polar surface area (TPSA) is 49.8 Å². The van der Waals surface area contributed by atoms with Gasteiger partial charge >= 0.3 is 5.97 Å². The van der Waals surface area contributed by atoms with Gasteiger partial charge in [-0.25, -0.2) is 4.79 Å². The summed E-state index contributed by atoms with van der Waals surface area (Å²) in [5.74, 6) is -0.0284. The van der Waals surface area contributed by atoms with Crippen molar-refractivity contribution < 1.29 is 14.6 Å². The van der Waals surface area contributed by atoms with Crippen LogP contribution in [0.4, 0.5) is 5.69 Å². The minimum atomic E-state index is -0.271. The Kier molecular flexibility index (Phi) is 2.26. The van der Waals surface area contributed by atoms with Crippen LogP contribution in [0.1, 0.15) is 5.56 Å². The van der Waals surface area contributed by atoms with E-state index in [1.165, 1.54) is 7.11 Å². The molecule has 0 aromatic heterocycles. The summed E-state index contributed by atoms with van der Waals surface area (Å²) < 4.78 is 4.72. The van der Waals surface area contributed by atoms with E-state index in [1.807, 2.05) is 18.0 Å². The predicted octanol–water partition coefficient (Wildman–Crippen LogP) is 0.926. The molecular formula is C11H13NO3. The van der Waals surface area contributed by atoms with Gasteiger partial charge in [0.2, 0.25) is 0 Å². The molecule has 1 aromatic carbocycles. The molecule has 0 amide bonds. The smallest absolute Gasteiger partial charge is 0.328 e. The third kappa shape index (κ3) is 1.52. The summed E-state index contributed by atoms with van der Waals surface area (Å²) >= 11 is 0. The lowest BCUT2D eigenvalue weighted by molar-refractivity contribution is -0.141. The second-order valence-electron chi connectivity index (χ2n) is 3.67. The Morgan fingerprint density at radius 1 is 1.60 bits per heavy atom. The van der Waals surface area contributed by atoms with Crippen LogP contribution >= 0.6 is 0 Å². The zero-order valence-electron chi connectivity index (χ0n) is 8.73. The van der Waals surface area contributed by atoms with Crippen LogP contribution in [-0.4, -0.2) is 31.3 Å². The molecule has 0 saturated heterocycles. The van der Waals surface area contributed by atoms with Crippen molar-refractivity contribution in [1.82, 2.24) is 0 Å². The molecule has 1 atom stereocenters. The van der Waals surface area contributed by atoms with E-state index >= 15 is 0 Å². The Hall–Kier alpha value is -1.71. The van der Waals surface area contributed by atoms with E-state index in [0.29, 0.717) is 6.42 Å². The van der Waals surface area contributed by atoms with Gasteiger partial charge in [-0.05, 0) is 11.6 Å². The third-order valence-electron chi connectivity index (χ3n) is 2.80. The lowest BCUT2D eigenvalue weighted by atomic mass is 10.1. The molecule has 1 unspecified atom stereocenters. The normalized spacial score (nSPS) is 18.8. The van der Waals surface area contributed by atoms with Gasteiger partial charge in [-0.2, -0.15) is 0 Å². The number of methoxy groups -OCH3 is 1. The maximum absolute atomic E-state index is 11.5. The van der Waals surface area contributed by atoms with Crippen molar-refractivity contribution in [3.05, 3.63) is 23.8 Å². The van der Waals surface area contributed by atoms with Gasteiger partial charge in [0.25, 0.3) is 0 Å². The fourth-order valence-electron chi connectivity index (χ4n) is 1.94. The highest BCUT2D eigenvalue weighted by molar-refractivity contribution is 5.83. The average molecular weight is 207 g/mol. The third-order valence-corrected chi connectivity index (χ3v) is 2.80. The molecule has 0 saturated carbocycles. The molecule has 4 heteroatoms. The zero-order chi connectivity index (χ0) is 11.0. The minimum Gasteiger partial charge on any atom is -0.508 e. The maximum Gasteiger partial charge on any atom is 0.328 e. The number of rotatable bonds is 1. The first-order chi connectivity index (χ1) is 7.13. The Morgan fingerprint density at radius 3 is 3.00 bits per heavy atom. The van der Waals surface area contributed by atoms with Crippen LogP contribution in [0.3, 0.4) is 0 Å². The van der Waals surface area contributed by atoms with Crippen molar-refractivity contribution in [2.45, 2.75) is 12.5 Å². The molecule has 0 aliphatic carbocycles. The fraction of sp³-hybridized carbons (Fsp3) is 0.364. The van der Waals surface area contributed by atoms with Crippen LogP contribution in [0.25, 0.3) is 0 Å². The summed E-state index contributed by atoms with van der Waals surface area (Å²) in [6.07, 6.45) is 0.638.